The second-order valence-electron chi connectivity index (χ2n) is 4.91. The zero-order chi connectivity index (χ0) is 14.0. The number of rotatable bonds is 3. The molecular weight excluding hydrogens is 379 g/mol. The molecular formula is C14H17Br2FO2. The van der Waals surface area contributed by atoms with E-state index in [2.05, 4.69) is 38.8 Å². The molecule has 3 unspecified atom stereocenters. The summed E-state index contributed by atoms with van der Waals surface area (Å²) in [6.07, 6.45) is 0.995. The first kappa shape index (κ1) is 15.3. The first-order valence-corrected chi connectivity index (χ1v) is 8.00. The summed E-state index contributed by atoms with van der Waals surface area (Å²) in [5, 5.41) is 0. The summed E-state index contributed by atoms with van der Waals surface area (Å²) in [6, 6.07) is 3.23. The van der Waals surface area contributed by atoms with Crippen LogP contribution in [0, 0.1) is 17.7 Å². The fourth-order valence-corrected chi connectivity index (χ4v) is 4.00. The normalized spacial score (nSPS) is 25.1. The van der Waals surface area contributed by atoms with Crippen molar-refractivity contribution in [3.8, 4) is 5.75 Å². The van der Waals surface area contributed by atoms with E-state index in [0.29, 0.717) is 22.1 Å². The van der Waals surface area contributed by atoms with E-state index in [1.54, 1.807) is 13.2 Å². The molecule has 3 atom stereocenters. The number of methoxy groups -OCH3 is 1. The minimum Gasteiger partial charge on any atom is -0.496 e. The van der Waals surface area contributed by atoms with Crippen LogP contribution in [-0.2, 0) is 4.74 Å². The number of halogens is 3. The summed E-state index contributed by atoms with van der Waals surface area (Å²) < 4.78 is 24.8. The quantitative estimate of drug-likeness (QED) is 0.690. The molecule has 1 aromatic carbocycles. The van der Waals surface area contributed by atoms with Gasteiger partial charge >= 0.3 is 0 Å². The van der Waals surface area contributed by atoms with Crippen molar-refractivity contribution >= 4 is 31.9 Å². The Morgan fingerprint density at radius 1 is 1.47 bits per heavy atom. The van der Waals surface area contributed by atoms with Crippen molar-refractivity contribution in [1.29, 1.82) is 0 Å². The van der Waals surface area contributed by atoms with Crippen LogP contribution in [0.5, 0.6) is 5.75 Å². The topological polar surface area (TPSA) is 18.5 Å². The van der Waals surface area contributed by atoms with Crippen LogP contribution in [0.2, 0.25) is 0 Å². The molecule has 1 aliphatic heterocycles. The molecule has 0 aliphatic carbocycles. The van der Waals surface area contributed by atoms with Crippen LogP contribution in [0.1, 0.15) is 23.7 Å². The molecule has 0 radical (unpaired) electrons. The van der Waals surface area contributed by atoms with Gasteiger partial charge in [0.2, 0.25) is 0 Å². The second kappa shape index (κ2) is 6.55. The molecule has 5 heteroatoms. The summed E-state index contributed by atoms with van der Waals surface area (Å²) in [5.41, 5.74) is 0.981. The van der Waals surface area contributed by atoms with Crippen molar-refractivity contribution in [2.45, 2.75) is 18.2 Å². The molecule has 0 bridgehead atoms. The second-order valence-corrected chi connectivity index (χ2v) is 6.76. The maximum Gasteiger partial charge on any atom is 0.141 e. The molecule has 1 aromatic rings. The molecule has 1 saturated heterocycles. The van der Waals surface area contributed by atoms with E-state index in [1.807, 2.05) is 0 Å². The Hall–Kier alpha value is -0.130. The highest BCUT2D eigenvalue weighted by atomic mass is 79.9. The molecule has 19 heavy (non-hydrogen) atoms. The standard InChI is InChI=1S/C14H17Br2FO2/c1-8-7-19-4-3-9(8)14(16)10-5-11(15)12(17)6-13(10)18-2/h5-6,8-9,14H,3-4,7H2,1-2H3. The van der Waals surface area contributed by atoms with Gasteiger partial charge in [0.05, 0.1) is 11.6 Å². The van der Waals surface area contributed by atoms with Gasteiger partial charge in [0.25, 0.3) is 0 Å². The molecule has 0 N–H and O–H groups in total. The highest BCUT2D eigenvalue weighted by molar-refractivity contribution is 9.10. The minimum atomic E-state index is -0.305. The molecule has 106 valence electrons. The lowest BCUT2D eigenvalue weighted by Crippen LogP contribution is -2.28. The van der Waals surface area contributed by atoms with E-state index in [0.717, 1.165) is 25.2 Å². The molecule has 2 rings (SSSR count). The average Bonchev–Trinajstić information content (AvgIpc) is 2.41. The van der Waals surface area contributed by atoms with E-state index < -0.39 is 0 Å². The Kier molecular flexibility index (Phi) is 5.26. The Morgan fingerprint density at radius 3 is 2.84 bits per heavy atom. The fourth-order valence-electron chi connectivity index (χ4n) is 2.50. The van der Waals surface area contributed by atoms with Crippen molar-refractivity contribution in [2.24, 2.45) is 11.8 Å². The van der Waals surface area contributed by atoms with E-state index in [9.17, 15) is 4.39 Å². The van der Waals surface area contributed by atoms with Crippen LogP contribution in [0.3, 0.4) is 0 Å². The van der Waals surface area contributed by atoms with Gasteiger partial charge in [-0.2, -0.15) is 0 Å². The van der Waals surface area contributed by atoms with Gasteiger partial charge < -0.3 is 9.47 Å². The summed E-state index contributed by atoms with van der Waals surface area (Å²) in [6.45, 7) is 3.74. The van der Waals surface area contributed by atoms with Crippen LogP contribution in [0.4, 0.5) is 4.39 Å². The molecule has 1 fully saturated rings. The number of alkyl halides is 1. The molecule has 0 amide bonds. The number of ether oxygens (including phenoxy) is 2. The van der Waals surface area contributed by atoms with E-state index in [4.69, 9.17) is 9.47 Å². The minimum absolute atomic E-state index is 0.137. The Morgan fingerprint density at radius 2 is 2.21 bits per heavy atom. The maximum atomic E-state index is 13.6. The van der Waals surface area contributed by atoms with Gasteiger partial charge in [0.1, 0.15) is 11.6 Å². The van der Waals surface area contributed by atoms with Crippen molar-refractivity contribution in [3.05, 3.63) is 28.0 Å². The SMILES string of the molecule is COc1cc(F)c(Br)cc1C(Br)C1CCOCC1C. The molecule has 1 aliphatic rings. The average molecular weight is 396 g/mol. The highest BCUT2D eigenvalue weighted by Crippen LogP contribution is 2.44. The van der Waals surface area contributed by atoms with Crippen LogP contribution in [-0.4, -0.2) is 20.3 Å². The zero-order valence-electron chi connectivity index (χ0n) is 11.0. The van der Waals surface area contributed by atoms with Crippen LogP contribution in [0.25, 0.3) is 0 Å². The summed E-state index contributed by atoms with van der Waals surface area (Å²) >= 11 is 7.00. The third kappa shape index (κ3) is 3.31. The van der Waals surface area contributed by atoms with Gasteiger partial charge in [0, 0.05) is 29.7 Å². The summed E-state index contributed by atoms with van der Waals surface area (Å²) in [5.74, 6) is 1.20. The lowest BCUT2D eigenvalue weighted by atomic mass is 9.84. The Labute approximate surface area is 129 Å². The Bertz CT molecular complexity index is 453. The maximum absolute atomic E-state index is 13.6. The smallest absolute Gasteiger partial charge is 0.141 e. The van der Waals surface area contributed by atoms with Gasteiger partial charge in [-0.1, -0.05) is 22.9 Å². The number of benzene rings is 1. The van der Waals surface area contributed by atoms with Crippen molar-refractivity contribution in [3.63, 3.8) is 0 Å². The van der Waals surface area contributed by atoms with E-state index in [-0.39, 0.29) is 10.6 Å². The third-order valence-corrected chi connectivity index (χ3v) is 5.43. The van der Waals surface area contributed by atoms with Gasteiger partial charge in [-0.3, -0.25) is 0 Å². The van der Waals surface area contributed by atoms with Gasteiger partial charge in [0.15, 0.2) is 0 Å². The predicted octanol–water partition coefficient (Wildman–Crippen LogP) is 4.71. The van der Waals surface area contributed by atoms with Gasteiger partial charge in [-0.15, -0.1) is 0 Å². The van der Waals surface area contributed by atoms with Gasteiger partial charge in [-0.05, 0) is 40.3 Å². The lowest BCUT2D eigenvalue weighted by Gasteiger charge is -2.33. The fraction of sp³-hybridized carbons (Fsp3) is 0.571. The third-order valence-electron chi connectivity index (χ3n) is 3.65. The molecule has 2 nitrogen and oxygen atoms in total. The first-order valence-electron chi connectivity index (χ1n) is 6.29. The lowest BCUT2D eigenvalue weighted by molar-refractivity contribution is 0.0239. The number of hydrogen-bond donors (Lipinski definition) is 0. The molecule has 0 aromatic heterocycles. The van der Waals surface area contributed by atoms with Crippen molar-refractivity contribution in [1.82, 2.24) is 0 Å². The zero-order valence-corrected chi connectivity index (χ0v) is 14.1. The Balaban J connectivity index is 2.31. The molecule has 0 saturated carbocycles. The van der Waals surface area contributed by atoms with E-state index >= 15 is 0 Å². The van der Waals surface area contributed by atoms with E-state index in [1.165, 1.54) is 6.07 Å². The van der Waals surface area contributed by atoms with Crippen LogP contribution >= 0.6 is 31.9 Å². The van der Waals surface area contributed by atoms with Crippen molar-refractivity contribution in [2.75, 3.05) is 20.3 Å². The monoisotopic (exact) mass is 394 g/mol. The summed E-state index contributed by atoms with van der Waals surface area (Å²) in [7, 11) is 1.57. The number of hydrogen-bond acceptors (Lipinski definition) is 2. The van der Waals surface area contributed by atoms with Crippen LogP contribution in [0.15, 0.2) is 16.6 Å². The van der Waals surface area contributed by atoms with Gasteiger partial charge in [-0.25, -0.2) is 4.39 Å². The summed E-state index contributed by atoms with van der Waals surface area (Å²) in [4.78, 5) is 0.137. The largest absolute Gasteiger partial charge is 0.496 e. The molecule has 1 heterocycles. The predicted molar refractivity (Wildman–Crippen MR) is 80.4 cm³/mol. The van der Waals surface area contributed by atoms with Crippen LogP contribution < -0.4 is 4.74 Å². The van der Waals surface area contributed by atoms with Crippen molar-refractivity contribution < 1.29 is 13.9 Å². The molecule has 0 spiro atoms. The highest BCUT2D eigenvalue weighted by Gasteiger charge is 2.31. The first-order chi connectivity index (χ1) is 9.04.